The lowest BCUT2D eigenvalue weighted by atomic mass is 10.1. The molecule has 0 aliphatic rings. The van der Waals surface area contributed by atoms with Gasteiger partial charge in [-0.05, 0) is 17.5 Å². The van der Waals surface area contributed by atoms with Crippen LogP contribution < -0.4 is 4.57 Å². The third kappa shape index (κ3) is 5.38. The van der Waals surface area contributed by atoms with Crippen LogP contribution in [0.4, 0.5) is 0 Å². The van der Waals surface area contributed by atoms with E-state index in [1.165, 1.54) is 4.57 Å². The summed E-state index contributed by atoms with van der Waals surface area (Å²) in [5.41, 5.74) is 2.20. The van der Waals surface area contributed by atoms with Crippen molar-refractivity contribution < 1.29 is 28.4 Å². The minimum Gasteiger partial charge on any atom is -0.344 e. The lowest BCUT2D eigenvalue weighted by Gasteiger charge is -2.18. The number of hydrogen-bond acceptors (Lipinski definition) is 2. The molecule has 0 saturated heterocycles. The zero-order valence-corrected chi connectivity index (χ0v) is 14.5. The summed E-state index contributed by atoms with van der Waals surface area (Å²) in [5.74, 6) is 0. The molecule has 0 aliphatic heterocycles. The predicted octanol–water partition coefficient (Wildman–Crippen LogP) is 1.97. The van der Waals surface area contributed by atoms with Crippen LogP contribution >= 0.6 is 15.0 Å². The Bertz CT molecular complexity index is 714. The van der Waals surface area contributed by atoms with Crippen molar-refractivity contribution in [2.45, 2.75) is 18.4 Å². The lowest BCUT2D eigenvalue weighted by Crippen LogP contribution is -2.39. The van der Waals surface area contributed by atoms with Crippen LogP contribution in [-0.4, -0.2) is 26.7 Å². The largest absolute Gasteiger partial charge is 0.344 e. The van der Waals surface area contributed by atoms with Crippen LogP contribution in [0.1, 0.15) is 11.1 Å². The van der Waals surface area contributed by atoms with Crippen molar-refractivity contribution in [3.63, 3.8) is 0 Å². The summed E-state index contributed by atoms with van der Waals surface area (Å²) in [6.07, 6.45) is 4.07. The van der Waals surface area contributed by atoms with Gasteiger partial charge >= 0.3 is 7.60 Å². The first-order valence-corrected chi connectivity index (χ1v) is 10.9. The molecule has 2 rings (SSSR count). The SMILES string of the molecule is CP(=O)(O)C(C[n+]1ccc(Cc2ccccc2)cc1)P(=O)(O)O. The van der Waals surface area contributed by atoms with Crippen molar-refractivity contribution in [3.05, 3.63) is 66.0 Å². The van der Waals surface area contributed by atoms with Gasteiger partial charge in [-0.15, -0.1) is 0 Å². The first-order valence-electron chi connectivity index (χ1n) is 7.03. The third-order valence-corrected chi connectivity index (χ3v) is 7.92. The highest BCUT2D eigenvalue weighted by atomic mass is 31.2. The van der Waals surface area contributed by atoms with E-state index in [-0.39, 0.29) is 6.54 Å². The van der Waals surface area contributed by atoms with Crippen molar-refractivity contribution in [2.24, 2.45) is 0 Å². The molecule has 0 aliphatic carbocycles. The van der Waals surface area contributed by atoms with Crippen molar-refractivity contribution in [1.82, 2.24) is 0 Å². The fourth-order valence-corrected chi connectivity index (χ4v) is 5.41. The molecule has 1 aromatic heterocycles. The van der Waals surface area contributed by atoms with E-state index in [2.05, 4.69) is 0 Å². The molecule has 2 aromatic rings. The van der Waals surface area contributed by atoms with Gasteiger partial charge in [0.2, 0.25) is 7.37 Å². The summed E-state index contributed by atoms with van der Waals surface area (Å²) in [7, 11) is -8.58. The van der Waals surface area contributed by atoms with Crippen LogP contribution in [0, 0.1) is 0 Å². The summed E-state index contributed by atoms with van der Waals surface area (Å²) < 4.78 is 24.7. The van der Waals surface area contributed by atoms with Gasteiger partial charge in [-0.2, -0.15) is 0 Å². The second-order valence-corrected chi connectivity index (χ2v) is 10.3. The van der Waals surface area contributed by atoms with Gasteiger partial charge in [0.05, 0.1) is 0 Å². The Morgan fingerprint density at radius 1 is 0.957 bits per heavy atom. The Morgan fingerprint density at radius 2 is 1.48 bits per heavy atom. The van der Waals surface area contributed by atoms with E-state index in [1.807, 2.05) is 42.5 Å². The maximum absolute atomic E-state index is 11.7. The van der Waals surface area contributed by atoms with Crippen molar-refractivity contribution in [3.8, 4) is 0 Å². The lowest BCUT2D eigenvalue weighted by molar-refractivity contribution is -0.694. The van der Waals surface area contributed by atoms with Gasteiger partial charge in [0.25, 0.3) is 0 Å². The Morgan fingerprint density at radius 3 is 1.96 bits per heavy atom. The van der Waals surface area contributed by atoms with E-state index in [1.54, 1.807) is 12.4 Å². The molecule has 6 nitrogen and oxygen atoms in total. The average Bonchev–Trinajstić information content (AvgIpc) is 2.45. The highest BCUT2D eigenvalue weighted by Gasteiger charge is 2.43. The molecular formula is C15H20NO5P2+. The molecule has 8 heteroatoms. The summed E-state index contributed by atoms with van der Waals surface area (Å²) in [6, 6.07) is 13.6. The molecule has 1 heterocycles. The summed E-state index contributed by atoms with van der Waals surface area (Å²) in [4.78, 5) is 28.2. The fourth-order valence-electron chi connectivity index (χ4n) is 2.28. The fraction of sp³-hybridized carbons (Fsp3) is 0.267. The molecule has 3 N–H and O–H groups in total. The average molecular weight is 356 g/mol. The second kappa shape index (κ2) is 7.08. The van der Waals surface area contributed by atoms with E-state index >= 15 is 0 Å². The molecule has 23 heavy (non-hydrogen) atoms. The molecule has 124 valence electrons. The van der Waals surface area contributed by atoms with Crippen LogP contribution in [0.25, 0.3) is 0 Å². The molecule has 0 bridgehead atoms. The monoisotopic (exact) mass is 356 g/mol. The molecule has 0 saturated carbocycles. The minimum atomic E-state index is -4.66. The number of benzene rings is 1. The van der Waals surface area contributed by atoms with E-state index in [0.29, 0.717) is 0 Å². The van der Waals surface area contributed by atoms with E-state index in [9.17, 15) is 23.8 Å². The Balaban J connectivity index is 2.13. The molecule has 0 spiro atoms. The predicted molar refractivity (Wildman–Crippen MR) is 87.5 cm³/mol. The molecule has 0 fully saturated rings. The number of pyridine rings is 1. The van der Waals surface area contributed by atoms with Crippen molar-refractivity contribution >= 4 is 15.0 Å². The minimum absolute atomic E-state index is 0.208. The molecule has 2 unspecified atom stereocenters. The number of hydrogen-bond donors (Lipinski definition) is 3. The van der Waals surface area contributed by atoms with E-state index < -0.39 is 20.4 Å². The number of nitrogens with zero attached hydrogens (tertiary/aromatic N) is 1. The zero-order chi connectivity index (χ0) is 17.1. The molecule has 1 aromatic carbocycles. The maximum atomic E-state index is 11.7. The Kier molecular flexibility index (Phi) is 5.56. The van der Waals surface area contributed by atoms with Gasteiger partial charge in [-0.25, -0.2) is 4.57 Å². The van der Waals surface area contributed by atoms with Crippen LogP contribution in [0.5, 0.6) is 0 Å². The Labute approximate surface area is 135 Å². The van der Waals surface area contributed by atoms with E-state index in [0.717, 1.165) is 24.2 Å². The molecule has 0 amide bonds. The number of rotatable bonds is 6. The topological polar surface area (TPSA) is 98.7 Å². The summed E-state index contributed by atoms with van der Waals surface area (Å²) >= 11 is 0. The van der Waals surface area contributed by atoms with Crippen LogP contribution in [-0.2, 0) is 22.1 Å². The second-order valence-electron chi connectivity index (χ2n) is 5.58. The maximum Gasteiger partial charge on any atom is 0.344 e. The third-order valence-electron chi connectivity index (χ3n) is 3.53. The van der Waals surface area contributed by atoms with Gasteiger partial charge < -0.3 is 14.7 Å². The smallest absolute Gasteiger partial charge is 0.344 e. The molecule has 0 radical (unpaired) electrons. The van der Waals surface area contributed by atoms with Crippen molar-refractivity contribution in [1.29, 1.82) is 0 Å². The summed E-state index contributed by atoms with van der Waals surface area (Å²) in [5, 5.41) is -1.60. The van der Waals surface area contributed by atoms with E-state index in [4.69, 9.17) is 0 Å². The van der Waals surface area contributed by atoms with Gasteiger partial charge in [0, 0.05) is 18.8 Å². The van der Waals surface area contributed by atoms with Crippen LogP contribution in [0.3, 0.4) is 0 Å². The molecular weight excluding hydrogens is 336 g/mol. The van der Waals surface area contributed by atoms with Crippen LogP contribution in [0.2, 0.25) is 0 Å². The van der Waals surface area contributed by atoms with Gasteiger partial charge in [0.1, 0.15) is 0 Å². The number of aromatic nitrogens is 1. The Hall–Kier alpha value is -1.29. The van der Waals surface area contributed by atoms with Gasteiger partial charge in [-0.1, -0.05) is 30.3 Å². The quantitative estimate of drug-likeness (QED) is 0.543. The first kappa shape index (κ1) is 18.1. The van der Waals surface area contributed by atoms with Gasteiger partial charge in [0.15, 0.2) is 24.3 Å². The highest BCUT2D eigenvalue weighted by molar-refractivity contribution is 7.73. The van der Waals surface area contributed by atoms with Crippen molar-refractivity contribution in [2.75, 3.05) is 6.66 Å². The highest BCUT2D eigenvalue weighted by Crippen LogP contribution is 2.60. The van der Waals surface area contributed by atoms with Crippen LogP contribution in [0.15, 0.2) is 54.9 Å². The first-order chi connectivity index (χ1) is 10.7. The standard InChI is InChI=1S/C15H19NO5P2/c1-22(17,18)15(23(19,20)21)12-16-9-7-14(8-10-16)11-13-5-3-2-4-6-13/h2-10,15H,11-12H2,1H3,(H2-,17,18,19,20,21)/p+1. The normalized spacial score (nSPS) is 15.8. The van der Waals surface area contributed by atoms with Gasteiger partial charge in [-0.3, -0.25) is 9.13 Å². The zero-order valence-electron chi connectivity index (χ0n) is 12.7. The summed E-state index contributed by atoms with van der Waals surface area (Å²) in [6.45, 7) is 0.765. The molecule has 2 atom stereocenters.